The first-order valence-corrected chi connectivity index (χ1v) is 8.14. The second-order valence-corrected chi connectivity index (χ2v) is 6.65. The quantitative estimate of drug-likeness (QED) is 0.709. The SMILES string of the molecule is CNC(CSCC(C)C)C1CCCCCC1. The predicted octanol–water partition coefficient (Wildman–Crippen LogP) is 3.93. The summed E-state index contributed by atoms with van der Waals surface area (Å²) in [6.07, 6.45) is 8.75. The Balaban J connectivity index is 2.27. The smallest absolute Gasteiger partial charge is 0.0183 e. The summed E-state index contributed by atoms with van der Waals surface area (Å²) in [5, 5.41) is 3.55. The molecule has 1 nitrogen and oxygen atoms in total. The molecule has 1 unspecified atom stereocenters. The minimum absolute atomic E-state index is 0.752. The highest BCUT2D eigenvalue weighted by molar-refractivity contribution is 7.99. The summed E-state index contributed by atoms with van der Waals surface area (Å²) in [4.78, 5) is 0. The molecule has 1 rings (SSSR count). The second-order valence-electron chi connectivity index (χ2n) is 5.58. The molecule has 0 bridgehead atoms. The Labute approximate surface area is 106 Å². The van der Waals surface area contributed by atoms with Crippen LogP contribution in [-0.4, -0.2) is 24.6 Å². The van der Waals surface area contributed by atoms with Gasteiger partial charge in [-0.1, -0.05) is 39.5 Å². The van der Waals surface area contributed by atoms with Gasteiger partial charge in [0, 0.05) is 11.8 Å². The zero-order valence-corrected chi connectivity index (χ0v) is 12.1. The van der Waals surface area contributed by atoms with E-state index in [4.69, 9.17) is 0 Å². The molecule has 1 aliphatic rings. The van der Waals surface area contributed by atoms with Gasteiger partial charge < -0.3 is 5.32 Å². The molecule has 0 amide bonds. The summed E-state index contributed by atoms with van der Waals surface area (Å²) in [6, 6.07) is 0.752. The maximum Gasteiger partial charge on any atom is 0.0183 e. The summed E-state index contributed by atoms with van der Waals surface area (Å²) in [7, 11) is 2.14. The van der Waals surface area contributed by atoms with E-state index < -0.39 is 0 Å². The fourth-order valence-electron chi connectivity index (χ4n) is 2.60. The Kier molecular flexibility index (Phi) is 7.55. The number of hydrogen-bond acceptors (Lipinski definition) is 2. The van der Waals surface area contributed by atoms with Crippen molar-refractivity contribution in [2.45, 2.75) is 58.4 Å². The van der Waals surface area contributed by atoms with E-state index in [1.165, 1.54) is 50.0 Å². The van der Waals surface area contributed by atoms with E-state index in [-0.39, 0.29) is 0 Å². The van der Waals surface area contributed by atoms with Gasteiger partial charge in [-0.25, -0.2) is 0 Å². The molecule has 0 heterocycles. The fourth-order valence-corrected chi connectivity index (χ4v) is 3.90. The van der Waals surface area contributed by atoms with Crippen LogP contribution in [0.15, 0.2) is 0 Å². The van der Waals surface area contributed by atoms with Crippen LogP contribution in [0.4, 0.5) is 0 Å². The summed E-state index contributed by atoms with van der Waals surface area (Å²) in [6.45, 7) is 4.63. The third-order valence-electron chi connectivity index (χ3n) is 3.59. The van der Waals surface area contributed by atoms with Crippen LogP contribution in [0.3, 0.4) is 0 Å². The molecule has 0 aromatic carbocycles. The lowest BCUT2D eigenvalue weighted by Crippen LogP contribution is -2.35. The summed E-state index contributed by atoms with van der Waals surface area (Å²) < 4.78 is 0. The first-order valence-electron chi connectivity index (χ1n) is 6.99. The van der Waals surface area contributed by atoms with Gasteiger partial charge in [0.05, 0.1) is 0 Å². The van der Waals surface area contributed by atoms with Crippen molar-refractivity contribution in [1.29, 1.82) is 0 Å². The maximum atomic E-state index is 3.55. The van der Waals surface area contributed by atoms with Gasteiger partial charge in [0.25, 0.3) is 0 Å². The number of nitrogens with one attached hydrogen (secondary N) is 1. The molecular weight excluding hydrogens is 214 g/mol. The van der Waals surface area contributed by atoms with Gasteiger partial charge in [-0.05, 0) is 37.5 Å². The number of rotatable bonds is 6. The Morgan fingerprint density at radius 3 is 2.19 bits per heavy atom. The molecule has 16 heavy (non-hydrogen) atoms. The minimum Gasteiger partial charge on any atom is -0.316 e. The molecule has 2 heteroatoms. The second kappa shape index (κ2) is 8.41. The van der Waals surface area contributed by atoms with Gasteiger partial charge in [-0.3, -0.25) is 0 Å². The van der Waals surface area contributed by atoms with E-state index in [0.717, 1.165) is 17.9 Å². The van der Waals surface area contributed by atoms with Crippen molar-refractivity contribution in [2.24, 2.45) is 11.8 Å². The first kappa shape index (κ1) is 14.4. The molecular formula is C14H29NS. The molecule has 1 fully saturated rings. The van der Waals surface area contributed by atoms with Gasteiger partial charge >= 0.3 is 0 Å². The molecule has 0 aromatic rings. The lowest BCUT2D eigenvalue weighted by molar-refractivity contribution is 0.358. The zero-order valence-electron chi connectivity index (χ0n) is 11.3. The van der Waals surface area contributed by atoms with Crippen molar-refractivity contribution in [3.8, 4) is 0 Å². The molecule has 0 radical (unpaired) electrons. The van der Waals surface area contributed by atoms with Gasteiger partial charge in [0.2, 0.25) is 0 Å². The summed E-state index contributed by atoms with van der Waals surface area (Å²) >= 11 is 2.13. The Morgan fingerprint density at radius 2 is 1.69 bits per heavy atom. The van der Waals surface area contributed by atoms with Gasteiger partial charge in [-0.15, -0.1) is 0 Å². The van der Waals surface area contributed by atoms with Gasteiger partial charge in [0.15, 0.2) is 0 Å². The molecule has 0 saturated heterocycles. The highest BCUT2D eigenvalue weighted by Gasteiger charge is 2.21. The van der Waals surface area contributed by atoms with Crippen LogP contribution in [0, 0.1) is 11.8 Å². The van der Waals surface area contributed by atoms with Crippen LogP contribution >= 0.6 is 11.8 Å². The van der Waals surface area contributed by atoms with Crippen LogP contribution in [0.25, 0.3) is 0 Å². The van der Waals surface area contributed by atoms with Gasteiger partial charge in [-0.2, -0.15) is 11.8 Å². The van der Waals surface area contributed by atoms with Crippen molar-refractivity contribution in [3.63, 3.8) is 0 Å². The van der Waals surface area contributed by atoms with E-state index in [0.29, 0.717) is 0 Å². The average molecular weight is 243 g/mol. The lowest BCUT2D eigenvalue weighted by Gasteiger charge is -2.25. The monoisotopic (exact) mass is 243 g/mol. The molecule has 0 aliphatic heterocycles. The predicted molar refractivity (Wildman–Crippen MR) is 76.2 cm³/mol. The van der Waals surface area contributed by atoms with Crippen molar-refractivity contribution in [2.75, 3.05) is 18.6 Å². The topological polar surface area (TPSA) is 12.0 Å². The lowest BCUT2D eigenvalue weighted by atomic mass is 9.93. The van der Waals surface area contributed by atoms with E-state index >= 15 is 0 Å². The molecule has 1 atom stereocenters. The van der Waals surface area contributed by atoms with Gasteiger partial charge in [0.1, 0.15) is 0 Å². The normalized spacial score (nSPS) is 21.0. The molecule has 0 spiro atoms. The Morgan fingerprint density at radius 1 is 1.06 bits per heavy atom. The molecule has 1 saturated carbocycles. The van der Waals surface area contributed by atoms with Crippen molar-refractivity contribution in [1.82, 2.24) is 5.32 Å². The first-order chi connectivity index (χ1) is 7.74. The van der Waals surface area contributed by atoms with E-state index in [2.05, 4.69) is 38.0 Å². The molecule has 1 aliphatic carbocycles. The van der Waals surface area contributed by atoms with Crippen molar-refractivity contribution < 1.29 is 0 Å². The summed E-state index contributed by atoms with van der Waals surface area (Å²) in [5.41, 5.74) is 0. The van der Waals surface area contributed by atoms with Crippen LogP contribution < -0.4 is 5.32 Å². The maximum absolute atomic E-state index is 3.55. The van der Waals surface area contributed by atoms with Crippen molar-refractivity contribution >= 4 is 11.8 Å². The average Bonchev–Trinajstić information content (AvgIpc) is 2.52. The van der Waals surface area contributed by atoms with Crippen LogP contribution in [0.2, 0.25) is 0 Å². The minimum atomic E-state index is 0.752. The molecule has 96 valence electrons. The highest BCUT2D eigenvalue weighted by atomic mass is 32.2. The number of hydrogen-bond donors (Lipinski definition) is 1. The highest BCUT2D eigenvalue weighted by Crippen LogP contribution is 2.27. The van der Waals surface area contributed by atoms with E-state index in [1.54, 1.807) is 0 Å². The van der Waals surface area contributed by atoms with Crippen molar-refractivity contribution in [3.05, 3.63) is 0 Å². The largest absolute Gasteiger partial charge is 0.316 e. The summed E-state index contributed by atoms with van der Waals surface area (Å²) in [5.74, 6) is 4.38. The molecule has 1 N–H and O–H groups in total. The Bertz CT molecular complexity index is 162. The third-order valence-corrected chi connectivity index (χ3v) is 5.09. The van der Waals surface area contributed by atoms with E-state index in [9.17, 15) is 0 Å². The number of thioether (sulfide) groups is 1. The van der Waals surface area contributed by atoms with E-state index in [1.807, 2.05) is 0 Å². The van der Waals surface area contributed by atoms with Crippen LogP contribution in [0.1, 0.15) is 52.4 Å². The van der Waals surface area contributed by atoms with Crippen LogP contribution in [0.5, 0.6) is 0 Å². The zero-order chi connectivity index (χ0) is 11.8. The van der Waals surface area contributed by atoms with Crippen LogP contribution in [-0.2, 0) is 0 Å². The Hall–Kier alpha value is 0.310. The standard InChI is InChI=1S/C14H29NS/c1-12(2)10-16-11-14(15-3)13-8-6-4-5-7-9-13/h12-15H,4-11H2,1-3H3. The molecule has 0 aromatic heterocycles. The third kappa shape index (κ3) is 5.58. The fraction of sp³-hybridized carbons (Fsp3) is 1.00.